The summed E-state index contributed by atoms with van der Waals surface area (Å²) in [5.41, 5.74) is 3.81. The van der Waals surface area contributed by atoms with Crippen LogP contribution in [0.15, 0.2) is 30.3 Å². The van der Waals surface area contributed by atoms with Crippen LogP contribution in [0.1, 0.15) is 32.9 Å². The Bertz CT molecular complexity index is 733. The third-order valence-corrected chi connectivity index (χ3v) is 3.10. The molecule has 0 atom stereocenters. The minimum Gasteiger partial charge on any atom is -0.478 e. The Morgan fingerprint density at radius 3 is 2.81 bits per heavy atom. The van der Waals surface area contributed by atoms with Crippen LogP contribution in [0.3, 0.4) is 0 Å². The van der Waals surface area contributed by atoms with Crippen LogP contribution in [-0.2, 0) is 6.54 Å². The molecule has 2 N–H and O–H groups in total. The second kappa shape index (κ2) is 6.06. The van der Waals surface area contributed by atoms with Gasteiger partial charge in [-0.15, -0.1) is 0 Å². The minimum atomic E-state index is -0.954. The van der Waals surface area contributed by atoms with Gasteiger partial charge in [0.15, 0.2) is 0 Å². The van der Waals surface area contributed by atoms with Crippen LogP contribution in [0, 0.1) is 25.2 Å². The lowest BCUT2D eigenvalue weighted by Crippen LogP contribution is -2.05. The second-order valence-corrected chi connectivity index (χ2v) is 4.74. The van der Waals surface area contributed by atoms with Crippen molar-refractivity contribution in [2.24, 2.45) is 0 Å². The zero-order valence-corrected chi connectivity index (χ0v) is 11.8. The largest absolute Gasteiger partial charge is 0.478 e. The van der Waals surface area contributed by atoms with Gasteiger partial charge in [-0.3, -0.25) is 4.98 Å². The summed E-state index contributed by atoms with van der Waals surface area (Å²) in [6.45, 7) is 4.10. The van der Waals surface area contributed by atoms with Gasteiger partial charge in [0.2, 0.25) is 0 Å². The predicted octanol–water partition coefficient (Wildman–Crippen LogP) is 2.88. The number of aromatic carboxylic acids is 1. The van der Waals surface area contributed by atoms with Gasteiger partial charge in [0.05, 0.1) is 22.5 Å². The molecule has 1 aromatic carbocycles. The highest BCUT2D eigenvalue weighted by Crippen LogP contribution is 2.19. The number of hydrogen-bond donors (Lipinski definition) is 2. The van der Waals surface area contributed by atoms with Gasteiger partial charge in [-0.05, 0) is 37.6 Å². The van der Waals surface area contributed by atoms with Crippen LogP contribution >= 0.6 is 0 Å². The van der Waals surface area contributed by atoms with E-state index in [2.05, 4.69) is 16.4 Å². The van der Waals surface area contributed by atoms with Gasteiger partial charge in [-0.2, -0.15) is 5.26 Å². The molecule has 0 bridgehead atoms. The highest BCUT2D eigenvalue weighted by Gasteiger charge is 2.08. The van der Waals surface area contributed by atoms with Crippen molar-refractivity contribution >= 4 is 11.7 Å². The molecule has 0 amide bonds. The van der Waals surface area contributed by atoms with E-state index in [4.69, 9.17) is 5.11 Å². The third kappa shape index (κ3) is 3.37. The third-order valence-electron chi connectivity index (χ3n) is 3.10. The molecule has 0 saturated heterocycles. The van der Waals surface area contributed by atoms with E-state index in [1.54, 1.807) is 25.1 Å². The van der Waals surface area contributed by atoms with E-state index < -0.39 is 5.97 Å². The molecular formula is C16H15N3O2. The molecule has 0 aliphatic heterocycles. The molecule has 2 rings (SSSR count). The molecule has 1 aromatic heterocycles. The molecule has 2 aromatic rings. The molecule has 0 saturated carbocycles. The fourth-order valence-electron chi connectivity index (χ4n) is 2.12. The first-order valence-electron chi connectivity index (χ1n) is 6.45. The molecule has 1 heterocycles. The normalized spacial score (nSPS) is 9.95. The zero-order chi connectivity index (χ0) is 15.4. The standard InChI is InChI=1S/C16H15N3O2/c1-10-6-15(14(8-17)11(2)19-10)18-9-12-4-3-5-13(7-12)16(20)21/h3-7H,9H2,1-2H3,(H,18,19)(H,20,21). The van der Waals surface area contributed by atoms with Crippen LogP contribution in [0.4, 0.5) is 5.69 Å². The predicted molar refractivity (Wildman–Crippen MR) is 79.2 cm³/mol. The molecular weight excluding hydrogens is 266 g/mol. The van der Waals surface area contributed by atoms with Crippen molar-refractivity contribution < 1.29 is 9.90 Å². The summed E-state index contributed by atoms with van der Waals surface area (Å²) in [4.78, 5) is 15.2. The maximum absolute atomic E-state index is 10.9. The number of rotatable bonds is 4. The Hall–Kier alpha value is -2.87. The van der Waals surface area contributed by atoms with E-state index in [0.717, 1.165) is 11.3 Å². The highest BCUT2D eigenvalue weighted by atomic mass is 16.4. The van der Waals surface area contributed by atoms with Gasteiger partial charge in [0.1, 0.15) is 6.07 Å². The van der Waals surface area contributed by atoms with Gasteiger partial charge >= 0.3 is 5.97 Å². The van der Waals surface area contributed by atoms with Crippen molar-refractivity contribution in [3.8, 4) is 6.07 Å². The number of carbonyl (C=O) groups is 1. The maximum atomic E-state index is 10.9. The summed E-state index contributed by atoms with van der Waals surface area (Å²) in [6, 6.07) is 10.7. The topological polar surface area (TPSA) is 86.0 Å². The Morgan fingerprint density at radius 2 is 2.14 bits per heavy atom. The van der Waals surface area contributed by atoms with Crippen molar-refractivity contribution in [2.75, 3.05) is 5.32 Å². The SMILES string of the molecule is Cc1cc(NCc2cccc(C(=O)O)c2)c(C#N)c(C)n1. The van der Waals surface area contributed by atoms with Gasteiger partial charge in [0.25, 0.3) is 0 Å². The number of aromatic nitrogens is 1. The zero-order valence-electron chi connectivity index (χ0n) is 11.8. The van der Waals surface area contributed by atoms with Gasteiger partial charge in [-0.25, -0.2) is 4.79 Å². The number of nitrogens with zero attached hydrogens (tertiary/aromatic N) is 2. The van der Waals surface area contributed by atoms with Crippen LogP contribution in [0.25, 0.3) is 0 Å². The first-order valence-corrected chi connectivity index (χ1v) is 6.45. The molecule has 0 radical (unpaired) electrons. The number of benzene rings is 1. The molecule has 5 nitrogen and oxygen atoms in total. The first-order chi connectivity index (χ1) is 10.0. The average Bonchev–Trinajstić information content (AvgIpc) is 2.45. The Labute approximate surface area is 122 Å². The molecule has 106 valence electrons. The molecule has 0 spiro atoms. The number of pyridine rings is 1. The summed E-state index contributed by atoms with van der Waals surface area (Å²) in [7, 11) is 0. The van der Waals surface area contributed by atoms with Gasteiger partial charge in [0, 0.05) is 12.2 Å². The number of aryl methyl sites for hydroxylation is 2. The fraction of sp³-hybridized carbons (Fsp3) is 0.188. The van der Waals surface area contributed by atoms with Crippen LogP contribution in [0.5, 0.6) is 0 Å². The number of anilines is 1. The number of carboxylic acid groups (broad SMARTS) is 1. The van der Waals surface area contributed by atoms with Crippen LogP contribution < -0.4 is 5.32 Å². The summed E-state index contributed by atoms with van der Waals surface area (Å²) in [5.74, 6) is -0.954. The summed E-state index contributed by atoms with van der Waals surface area (Å²) in [5, 5.41) is 21.3. The fourth-order valence-corrected chi connectivity index (χ4v) is 2.12. The summed E-state index contributed by atoms with van der Waals surface area (Å²) in [6.07, 6.45) is 0. The minimum absolute atomic E-state index is 0.247. The van der Waals surface area contributed by atoms with Crippen LogP contribution in [0.2, 0.25) is 0 Å². The molecule has 5 heteroatoms. The van der Waals surface area contributed by atoms with E-state index in [1.165, 1.54) is 0 Å². The number of carboxylic acids is 1. The molecule has 21 heavy (non-hydrogen) atoms. The number of nitrogens with one attached hydrogen (secondary N) is 1. The van der Waals surface area contributed by atoms with Crippen LogP contribution in [-0.4, -0.2) is 16.1 Å². The van der Waals surface area contributed by atoms with E-state index >= 15 is 0 Å². The van der Waals surface area contributed by atoms with Crippen molar-refractivity contribution in [1.82, 2.24) is 4.98 Å². The lowest BCUT2D eigenvalue weighted by molar-refractivity contribution is 0.0697. The lowest BCUT2D eigenvalue weighted by atomic mass is 10.1. The summed E-state index contributed by atoms with van der Waals surface area (Å²) < 4.78 is 0. The van der Waals surface area contributed by atoms with Gasteiger partial charge < -0.3 is 10.4 Å². The van der Waals surface area contributed by atoms with Crippen molar-refractivity contribution in [3.63, 3.8) is 0 Å². The average molecular weight is 281 g/mol. The number of hydrogen-bond acceptors (Lipinski definition) is 4. The smallest absolute Gasteiger partial charge is 0.335 e. The van der Waals surface area contributed by atoms with E-state index in [-0.39, 0.29) is 5.56 Å². The maximum Gasteiger partial charge on any atom is 0.335 e. The Balaban J connectivity index is 2.23. The van der Waals surface area contributed by atoms with E-state index in [0.29, 0.717) is 23.5 Å². The van der Waals surface area contributed by atoms with Crippen molar-refractivity contribution in [1.29, 1.82) is 5.26 Å². The van der Waals surface area contributed by atoms with Crippen molar-refractivity contribution in [3.05, 3.63) is 58.4 Å². The summed E-state index contributed by atoms with van der Waals surface area (Å²) >= 11 is 0. The lowest BCUT2D eigenvalue weighted by Gasteiger charge is -2.11. The molecule has 0 fully saturated rings. The van der Waals surface area contributed by atoms with Crippen molar-refractivity contribution in [2.45, 2.75) is 20.4 Å². The second-order valence-electron chi connectivity index (χ2n) is 4.74. The van der Waals surface area contributed by atoms with E-state index in [9.17, 15) is 10.1 Å². The Morgan fingerprint density at radius 1 is 1.38 bits per heavy atom. The number of nitriles is 1. The van der Waals surface area contributed by atoms with E-state index in [1.807, 2.05) is 19.1 Å². The molecule has 0 aliphatic carbocycles. The molecule has 0 aliphatic rings. The first kappa shape index (κ1) is 14.5. The molecule has 0 unspecified atom stereocenters. The highest BCUT2D eigenvalue weighted by molar-refractivity contribution is 5.87. The Kier molecular flexibility index (Phi) is 4.19. The quantitative estimate of drug-likeness (QED) is 0.900. The van der Waals surface area contributed by atoms with Gasteiger partial charge in [-0.1, -0.05) is 12.1 Å². The monoisotopic (exact) mass is 281 g/mol.